The molecule has 0 spiro atoms. The van der Waals surface area contributed by atoms with E-state index in [1.807, 2.05) is 30.3 Å². The molecule has 2 aliphatic heterocycles. The summed E-state index contributed by atoms with van der Waals surface area (Å²) in [6.45, 7) is 0.229. The van der Waals surface area contributed by atoms with Gasteiger partial charge in [-0.15, -0.1) is 0 Å². The standard InChI is InChI=1S/C23H29IO5/c24-16-7-10-18(11-8-16)28-15-17(25)9-12-20-19(21-13-14-22(20)29-21)5-3-1-2-4-6-23(26)27/h1,3,7-12,17,19-22,25H,2,4-6,13-15H2,(H,26,27)/b3-1+,12-9+/t17-,19-,20-,21+,22-/m1/s1/i24-2. The fraction of sp³-hybridized carbons (Fsp3) is 0.522. The van der Waals surface area contributed by atoms with Crippen molar-refractivity contribution >= 4 is 28.6 Å². The van der Waals surface area contributed by atoms with E-state index < -0.39 is 12.1 Å². The Kier molecular flexibility index (Phi) is 8.56. The quantitative estimate of drug-likeness (QED) is 0.259. The molecule has 6 heteroatoms. The summed E-state index contributed by atoms with van der Waals surface area (Å²) in [4.78, 5) is 10.6. The summed E-state index contributed by atoms with van der Waals surface area (Å²) >= 11 is 2.25. The fourth-order valence-electron chi connectivity index (χ4n) is 4.15. The molecular weight excluding hydrogens is 481 g/mol. The second-order valence-electron chi connectivity index (χ2n) is 7.74. The second kappa shape index (κ2) is 11.1. The lowest BCUT2D eigenvalue weighted by molar-refractivity contribution is -0.137. The van der Waals surface area contributed by atoms with Crippen LogP contribution in [0.4, 0.5) is 0 Å². The van der Waals surface area contributed by atoms with Gasteiger partial charge in [0.25, 0.3) is 0 Å². The van der Waals surface area contributed by atoms with E-state index in [-0.39, 0.29) is 19.1 Å². The molecule has 0 aliphatic carbocycles. The smallest absolute Gasteiger partial charge is 0.303 e. The number of benzene rings is 1. The number of halogens is 1. The number of fused-ring (bicyclic) bond motifs is 2. The van der Waals surface area contributed by atoms with Crippen LogP contribution < -0.4 is 4.74 Å². The third-order valence-corrected chi connectivity index (χ3v) is 6.33. The summed E-state index contributed by atoms with van der Waals surface area (Å²) in [7, 11) is 0. The number of aliphatic carboxylic acids is 1. The van der Waals surface area contributed by atoms with Crippen molar-refractivity contribution in [2.24, 2.45) is 11.8 Å². The van der Waals surface area contributed by atoms with Gasteiger partial charge in [-0.05, 0) is 84.9 Å². The molecular formula is C23H29IO5. The lowest BCUT2D eigenvalue weighted by atomic mass is 9.77. The van der Waals surface area contributed by atoms with Crippen LogP contribution in [0.2, 0.25) is 0 Å². The number of ether oxygens (including phenoxy) is 2. The summed E-state index contributed by atoms with van der Waals surface area (Å²) in [5, 5.41) is 19.0. The Morgan fingerprint density at radius 3 is 2.76 bits per heavy atom. The van der Waals surface area contributed by atoms with Crippen LogP contribution in [0.5, 0.6) is 5.75 Å². The number of carbonyl (C=O) groups is 1. The van der Waals surface area contributed by atoms with Crippen LogP contribution in [-0.4, -0.2) is 41.1 Å². The average molecular weight is 510 g/mol. The maximum atomic E-state index is 10.6. The van der Waals surface area contributed by atoms with E-state index in [1.54, 1.807) is 0 Å². The van der Waals surface area contributed by atoms with Crippen LogP contribution in [0.1, 0.15) is 38.5 Å². The second-order valence-corrected chi connectivity index (χ2v) is 8.99. The first-order valence-electron chi connectivity index (χ1n) is 10.3. The minimum atomic E-state index is -0.741. The summed E-state index contributed by atoms with van der Waals surface area (Å²) in [6, 6.07) is 7.76. The van der Waals surface area contributed by atoms with Gasteiger partial charge >= 0.3 is 5.97 Å². The van der Waals surface area contributed by atoms with Gasteiger partial charge < -0.3 is 19.7 Å². The average Bonchev–Trinajstić information content (AvgIpc) is 3.30. The van der Waals surface area contributed by atoms with Gasteiger partial charge in [-0.2, -0.15) is 0 Å². The Bertz CT molecular complexity index is 714. The molecule has 29 heavy (non-hydrogen) atoms. The molecule has 5 nitrogen and oxygen atoms in total. The molecule has 158 valence electrons. The van der Waals surface area contributed by atoms with Crippen LogP contribution in [0, 0.1) is 15.4 Å². The fourth-order valence-corrected chi connectivity index (χ4v) is 4.51. The monoisotopic (exact) mass is 510 g/mol. The maximum Gasteiger partial charge on any atom is 0.303 e. The number of unbranched alkanes of at least 4 members (excludes halogenated alkanes) is 1. The highest BCUT2D eigenvalue weighted by Crippen LogP contribution is 2.45. The minimum Gasteiger partial charge on any atom is -0.491 e. The molecule has 0 unspecified atom stereocenters. The normalized spacial score (nSPS) is 27.1. The number of rotatable bonds is 11. The van der Waals surface area contributed by atoms with E-state index in [2.05, 4.69) is 40.8 Å². The van der Waals surface area contributed by atoms with Crippen molar-refractivity contribution in [2.45, 2.75) is 56.8 Å². The summed E-state index contributed by atoms with van der Waals surface area (Å²) in [6.07, 6.45) is 12.9. The predicted molar refractivity (Wildman–Crippen MR) is 120 cm³/mol. The molecule has 5 atom stereocenters. The van der Waals surface area contributed by atoms with Gasteiger partial charge in [0.05, 0.1) is 12.2 Å². The first-order valence-corrected chi connectivity index (χ1v) is 11.4. The summed E-state index contributed by atoms with van der Waals surface area (Å²) in [5.74, 6) is 0.747. The topological polar surface area (TPSA) is 76.0 Å². The van der Waals surface area contributed by atoms with Crippen molar-refractivity contribution in [1.29, 1.82) is 0 Å². The van der Waals surface area contributed by atoms with Crippen LogP contribution >= 0.6 is 22.6 Å². The van der Waals surface area contributed by atoms with Gasteiger partial charge in [-0.3, -0.25) is 4.79 Å². The van der Waals surface area contributed by atoms with E-state index >= 15 is 0 Å². The predicted octanol–water partition coefficient (Wildman–Crippen LogP) is 4.58. The number of hydrogen-bond acceptors (Lipinski definition) is 4. The van der Waals surface area contributed by atoms with E-state index in [9.17, 15) is 9.90 Å². The molecule has 0 amide bonds. The zero-order chi connectivity index (χ0) is 20.6. The van der Waals surface area contributed by atoms with Crippen molar-refractivity contribution in [2.75, 3.05) is 6.61 Å². The largest absolute Gasteiger partial charge is 0.491 e. The van der Waals surface area contributed by atoms with Crippen molar-refractivity contribution in [3.05, 3.63) is 52.1 Å². The number of allylic oxidation sites excluding steroid dienone is 2. The van der Waals surface area contributed by atoms with Gasteiger partial charge in [-0.1, -0.05) is 24.3 Å². The van der Waals surface area contributed by atoms with Gasteiger partial charge in [0.2, 0.25) is 0 Å². The molecule has 2 saturated heterocycles. The molecule has 3 rings (SSSR count). The first kappa shape index (κ1) is 22.3. The molecule has 2 bridgehead atoms. The molecule has 2 fully saturated rings. The molecule has 2 aliphatic rings. The van der Waals surface area contributed by atoms with Crippen LogP contribution in [0.3, 0.4) is 0 Å². The van der Waals surface area contributed by atoms with Crippen molar-refractivity contribution in [1.82, 2.24) is 0 Å². The zero-order valence-electron chi connectivity index (χ0n) is 16.5. The summed E-state index contributed by atoms with van der Waals surface area (Å²) < 4.78 is 12.9. The van der Waals surface area contributed by atoms with Gasteiger partial charge in [0, 0.05) is 15.9 Å². The highest BCUT2D eigenvalue weighted by atomic mass is 125. The SMILES string of the molecule is O=C(O)CCC/C=C/C[C@@H]1[C@@H](/C=C/[C@@H](O)COc2ccc([125I])cc2)[C@H]2CC[C@@H]1O2. The molecule has 1 aromatic rings. The molecule has 0 radical (unpaired) electrons. The van der Waals surface area contributed by atoms with Crippen LogP contribution in [0.15, 0.2) is 48.6 Å². The lowest BCUT2D eigenvalue weighted by Crippen LogP contribution is -2.26. The highest BCUT2D eigenvalue weighted by molar-refractivity contribution is 14.1. The number of carboxylic acids is 1. The van der Waals surface area contributed by atoms with Crippen molar-refractivity contribution < 1.29 is 24.5 Å². The Morgan fingerprint density at radius 1 is 1.24 bits per heavy atom. The molecule has 1 aromatic carbocycles. The highest BCUT2D eigenvalue weighted by Gasteiger charge is 2.46. The van der Waals surface area contributed by atoms with Crippen LogP contribution in [-0.2, 0) is 9.53 Å². The Labute approximate surface area is 185 Å². The number of aliphatic hydroxyl groups excluding tert-OH is 1. The van der Waals surface area contributed by atoms with E-state index in [0.29, 0.717) is 24.4 Å². The number of hydrogen-bond donors (Lipinski definition) is 2. The van der Waals surface area contributed by atoms with E-state index in [4.69, 9.17) is 14.6 Å². The zero-order valence-corrected chi connectivity index (χ0v) is 18.6. The van der Waals surface area contributed by atoms with E-state index in [1.165, 1.54) is 0 Å². The molecule has 2 N–H and O–H groups in total. The molecule has 0 saturated carbocycles. The van der Waals surface area contributed by atoms with Gasteiger partial charge in [0.15, 0.2) is 0 Å². The molecule has 0 aromatic heterocycles. The van der Waals surface area contributed by atoms with E-state index in [0.717, 1.165) is 35.0 Å². The molecule has 2 heterocycles. The van der Waals surface area contributed by atoms with Crippen molar-refractivity contribution in [3.63, 3.8) is 0 Å². The maximum absolute atomic E-state index is 10.6. The van der Waals surface area contributed by atoms with Crippen molar-refractivity contribution in [3.8, 4) is 5.75 Å². The third kappa shape index (κ3) is 6.83. The Balaban J connectivity index is 1.46. The number of carboxylic acid groups (broad SMARTS) is 1. The van der Waals surface area contributed by atoms with Crippen LogP contribution in [0.25, 0.3) is 0 Å². The van der Waals surface area contributed by atoms with Gasteiger partial charge in [0.1, 0.15) is 18.5 Å². The number of aliphatic hydroxyl groups is 1. The first-order chi connectivity index (χ1) is 14.0. The minimum absolute atomic E-state index is 0.217. The Morgan fingerprint density at radius 2 is 2.00 bits per heavy atom. The lowest BCUT2D eigenvalue weighted by Gasteiger charge is -2.25. The third-order valence-electron chi connectivity index (χ3n) is 5.61. The van der Waals surface area contributed by atoms with Gasteiger partial charge in [-0.25, -0.2) is 0 Å². The Hall–Kier alpha value is -1.38. The summed E-state index contributed by atoms with van der Waals surface area (Å²) in [5.41, 5.74) is 0.